The summed E-state index contributed by atoms with van der Waals surface area (Å²) in [6.45, 7) is 5.93. The van der Waals surface area contributed by atoms with Crippen molar-refractivity contribution in [2.24, 2.45) is 0 Å². The summed E-state index contributed by atoms with van der Waals surface area (Å²) in [5, 5.41) is 9.96. The fourth-order valence-electron chi connectivity index (χ4n) is 3.48. The standard InChI is InChI=1S/C22H27ClN4O5/c1-13-12-31-18-7-6-16(23)10-17(18)21(29)24-8-4-5-9-27(11-19(28)25-13)22(30)20-14(2)26-32-15(20)3/h6-7,10,13H,4-5,8-9,11-12H2,1-3H3,(H,24,29)(H,25,28)/t13-/m0/s1. The second-order valence-electron chi connectivity index (χ2n) is 7.81. The van der Waals surface area contributed by atoms with Crippen LogP contribution in [0.3, 0.4) is 0 Å². The second kappa shape index (κ2) is 10.5. The number of hydrogen-bond acceptors (Lipinski definition) is 6. The van der Waals surface area contributed by atoms with Crippen molar-refractivity contribution in [2.75, 3.05) is 26.2 Å². The van der Waals surface area contributed by atoms with E-state index in [-0.39, 0.29) is 36.9 Å². The predicted molar refractivity (Wildman–Crippen MR) is 118 cm³/mol. The number of rotatable bonds is 1. The van der Waals surface area contributed by atoms with Gasteiger partial charge in [0.05, 0.1) is 23.8 Å². The molecule has 0 fully saturated rings. The minimum atomic E-state index is -0.352. The zero-order valence-corrected chi connectivity index (χ0v) is 19.1. The fourth-order valence-corrected chi connectivity index (χ4v) is 3.65. The van der Waals surface area contributed by atoms with Gasteiger partial charge in [0.1, 0.15) is 23.7 Å². The van der Waals surface area contributed by atoms with Crippen molar-refractivity contribution < 1.29 is 23.6 Å². The van der Waals surface area contributed by atoms with Gasteiger partial charge in [-0.1, -0.05) is 16.8 Å². The molecule has 32 heavy (non-hydrogen) atoms. The van der Waals surface area contributed by atoms with Crippen LogP contribution in [0.25, 0.3) is 0 Å². The average Bonchev–Trinajstić information content (AvgIpc) is 3.08. The van der Waals surface area contributed by atoms with Crippen molar-refractivity contribution in [3.05, 3.63) is 45.8 Å². The average molecular weight is 463 g/mol. The molecule has 0 spiro atoms. The van der Waals surface area contributed by atoms with E-state index in [0.717, 1.165) is 0 Å². The molecule has 0 saturated heterocycles. The minimum Gasteiger partial charge on any atom is -0.491 e. The Morgan fingerprint density at radius 3 is 2.75 bits per heavy atom. The van der Waals surface area contributed by atoms with Crippen molar-refractivity contribution in [3.63, 3.8) is 0 Å². The van der Waals surface area contributed by atoms with E-state index in [4.69, 9.17) is 20.9 Å². The first-order valence-electron chi connectivity index (χ1n) is 10.5. The van der Waals surface area contributed by atoms with E-state index in [1.54, 1.807) is 39.0 Å². The quantitative estimate of drug-likeness (QED) is 0.673. The molecule has 3 amide bonds. The summed E-state index contributed by atoms with van der Waals surface area (Å²) in [5.74, 6) is -0.109. The lowest BCUT2D eigenvalue weighted by atomic mass is 10.1. The first-order chi connectivity index (χ1) is 15.3. The van der Waals surface area contributed by atoms with E-state index < -0.39 is 0 Å². The van der Waals surface area contributed by atoms with Gasteiger partial charge in [-0.2, -0.15) is 0 Å². The van der Waals surface area contributed by atoms with Gasteiger partial charge in [0.2, 0.25) is 5.91 Å². The molecule has 1 aromatic carbocycles. The van der Waals surface area contributed by atoms with Crippen LogP contribution in [0.4, 0.5) is 0 Å². The molecule has 0 unspecified atom stereocenters. The molecule has 1 aliphatic heterocycles. The molecule has 9 nitrogen and oxygen atoms in total. The van der Waals surface area contributed by atoms with Crippen LogP contribution >= 0.6 is 11.6 Å². The third kappa shape index (κ3) is 5.79. The van der Waals surface area contributed by atoms with E-state index in [9.17, 15) is 14.4 Å². The van der Waals surface area contributed by atoms with E-state index in [1.807, 2.05) is 0 Å². The number of hydrogen-bond donors (Lipinski definition) is 2. The van der Waals surface area contributed by atoms with Crippen LogP contribution in [0.15, 0.2) is 22.7 Å². The summed E-state index contributed by atoms with van der Waals surface area (Å²) in [6.07, 6.45) is 1.21. The number of carbonyl (C=O) groups excluding carboxylic acids is 3. The monoisotopic (exact) mass is 462 g/mol. The summed E-state index contributed by atoms with van der Waals surface area (Å²) in [4.78, 5) is 39.8. The van der Waals surface area contributed by atoms with Gasteiger partial charge in [-0.3, -0.25) is 14.4 Å². The van der Waals surface area contributed by atoms with Crippen LogP contribution in [0.2, 0.25) is 5.02 Å². The van der Waals surface area contributed by atoms with Gasteiger partial charge < -0.3 is 24.8 Å². The lowest BCUT2D eigenvalue weighted by molar-refractivity contribution is -0.122. The van der Waals surface area contributed by atoms with Gasteiger partial charge >= 0.3 is 0 Å². The van der Waals surface area contributed by atoms with Crippen molar-refractivity contribution in [1.82, 2.24) is 20.7 Å². The zero-order valence-electron chi connectivity index (χ0n) is 18.4. The van der Waals surface area contributed by atoms with Crippen molar-refractivity contribution in [3.8, 4) is 5.75 Å². The third-order valence-electron chi connectivity index (χ3n) is 5.09. The third-order valence-corrected chi connectivity index (χ3v) is 5.33. The zero-order chi connectivity index (χ0) is 23.3. The van der Waals surface area contributed by atoms with E-state index in [2.05, 4.69) is 15.8 Å². The molecule has 2 aromatic rings. The minimum absolute atomic E-state index is 0.105. The molecule has 0 radical (unpaired) electrons. The number of aryl methyl sites for hydroxylation is 2. The van der Waals surface area contributed by atoms with Gasteiger partial charge in [0.25, 0.3) is 11.8 Å². The number of nitrogens with zero attached hydrogens (tertiary/aromatic N) is 2. The molecule has 0 aliphatic carbocycles. The summed E-state index contributed by atoms with van der Waals surface area (Å²) < 4.78 is 10.9. The van der Waals surface area contributed by atoms with Gasteiger partial charge in [-0.15, -0.1) is 0 Å². The molecule has 0 saturated carbocycles. The molecular formula is C22H27ClN4O5. The number of carbonyl (C=O) groups is 3. The Balaban J connectivity index is 1.78. The van der Waals surface area contributed by atoms with Crippen molar-refractivity contribution in [2.45, 2.75) is 39.7 Å². The molecule has 1 aromatic heterocycles. The normalized spacial score (nSPS) is 18.5. The smallest absolute Gasteiger partial charge is 0.259 e. The summed E-state index contributed by atoms with van der Waals surface area (Å²) in [6, 6.07) is 4.48. The van der Waals surface area contributed by atoms with Crippen molar-refractivity contribution >= 4 is 29.3 Å². The Morgan fingerprint density at radius 1 is 1.25 bits per heavy atom. The molecule has 3 rings (SSSR count). The first kappa shape index (κ1) is 23.6. The fraction of sp³-hybridized carbons (Fsp3) is 0.455. The second-order valence-corrected chi connectivity index (χ2v) is 8.25. The Morgan fingerprint density at radius 2 is 2.03 bits per heavy atom. The highest BCUT2D eigenvalue weighted by atomic mass is 35.5. The maximum atomic E-state index is 13.1. The van der Waals surface area contributed by atoms with Crippen LogP contribution in [-0.2, 0) is 4.79 Å². The topological polar surface area (TPSA) is 114 Å². The summed E-state index contributed by atoms with van der Waals surface area (Å²) in [7, 11) is 0. The van der Waals surface area contributed by atoms with Crippen molar-refractivity contribution in [1.29, 1.82) is 0 Å². The maximum Gasteiger partial charge on any atom is 0.259 e. The van der Waals surface area contributed by atoms with Gasteiger partial charge in [-0.05, 0) is 51.8 Å². The predicted octanol–water partition coefficient (Wildman–Crippen LogP) is 2.49. The molecule has 1 atom stereocenters. The maximum absolute atomic E-state index is 13.1. The molecule has 10 heteroatoms. The summed E-state index contributed by atoms with van der Waals surface area (Å²) in [5.41, 5.74) is 1.18. The van der Waals surface area contributed by atoms with E-state index in [1.165, 1.54) is 4.90 Å². The molecule has 2 heterocycles. The highest BCUT2D eigenvalue weighted by molar-refractivity contribution is 6.31. The number of aromatic nitrogens is 1. The van der Waals surface area contributed by atoms with E-state index >= 15 is 0 Å². The highest BCUT2D eigenvalue weighted by Gasteiger charge is 2.25. The molecule has 1 aliphatic rings. The van der Waals surface area contributed by atoms with E-state index in [0.29, 0.717) is 59.3 Å². The van der Waals surface area contributed by atoms with Gasteiger partial charge in [0, 0.05) is 18.1 Å². The van der Waals surface area contributed by atoms with Gasteiger partial charge in [0.15, 0.2) is 0 Å². The Bertz CT molecular complexity index is 987. The molecule has 2 N–H and O–H groups in total. The van der Waals surface area contributed by atoms with Crippen LogP contribution in [0.5, 0.6) is 5.75 Å². The first-order valence-corrected chi connectivity index (χ1v) is 10.9. The van der Waals surface area contributed by atoms with Crippen LogP contribution in [0.1, 0.15) is 51.9 Å². The Kier molecular flexibility index (Phi) is 7.74. The number of ether oxygens (including phenoxy) is 1. The Hall–Kier alpha value is -3.07. The summed E-state index contributed by atoms with van der Waals surface area (Å²) >= 11 is 6.05. The molecular weight excluding hydrogens is 436 g/mol. The number of benzene rings is 1. The SMILES string of the molecule is Cc1noc(C)c1C(=O)N1CCCCNC(=O)c2cc(Cl)ccc2OC[C@H](C)NC(=O)C1. The highest BCUT2D eigenvalue weighted by Crippen LogP contribution is 2.23. The molecule has 172 valence electrons. The Labute approximate surface area is 191 Å². The number of fused-ring (bicyclic) bond motifs is 1. The van der Waals surface area contributed by atoms with Crippen LogP contribution in [-0.4, -0.2) is 60.1 Å². The van der Waals surface area contributed by atoms with Crippen LogP contribution in [0, 0.1) is 13.8 Å². The van der Waals surface area contributed by atoms with Gasteiger partial charge in [-0.25, -0.2) is 0 Å². The number of amides is 3. The lowest BCUT2D eigenvalue weighted by Gasteiger charge is -2.23. The largest absolute Gasteiger partial charge is 0.491 e. The lowest BCUT2D eigenvalue weighted by Crippen LogP contribution is -2.45. The van der Waals surface area contributed by atoms with Crippen LogP contribution < -0.4 is 15.4 Å². The number of nitrogens with one attached hydrogen (secondary N) is 2. The number of halogens is 1. The molecule has 0 bridgehead atoms.